The molecule has 32 heavy (non-hydrogen) atoms. The van der Waals surface area contributed by atoms with Gasteiger partial charge in [-0.3, -0.25) is 9.69 Å². The minimum absolute atomic E-state index is 0.0670. The van der Waals surface area contributed by atoms with Gasteiger partial charge in [0.15, 0.2) is 11.5 Å². The average Bonchev–Trinajstić information content (AvgIpc) is 3.52. The van der Waals surface area contributed by atoms with Gasteiger partial charge in [-0.15, -0.1) is 0 Å². The summed E-state index contributed by atoms with van der Waals surface area (Å²) in [6.45, 7) is 8.17. The van der Waals surface area contributed by atoms with Crippen LogP contribution in [0, 0.1) is 5.92 Å². The van der Waals surface area contributed by atoms with Crippen LogP contribution in [0.4, 0.5) is 0 Å². The van der Waals surface area contributed by atoms with Crippen LogP contribution in [0.5, 0.6) is 5.75 Å². The molecule has 8 heteroatoms. The number of carbonyl (C=O) groups is 1. The van der Waals surface area contributed by atoms with Crippen molar-refractivity contribution in [2.75, 3.05) is 39.5 Å². The van der Waals surface area contributed by atoms with Crippen LogP contribution < -0.4 is 10.1 Å². The van der Waals surface area contributed by atoms with Gasteiger partial charge in [-0.2, -0.15) is 0 Å². The Morgan fingerprint density at radius 2 is 1.97 bits per heavy atom. The molecule has 3 heterocycles. The second-order valence-electron chi connectivity index (χ2n) is 8.20. The Bertz CT molecular complexity index is 976. The van der Waals surface area contributed by atoms with E-state index in [0.29, 0.717) is 38.0 Å². The number of hydrogen-bond acceptors (Lipinski definition) is 7. The molecule has 1 aliphatic heterocycles. The molecule has 0 radical (unpaired) electrons. The summed E-state index contributed by atoms with van der Waals surface area (Å²) >= 11 is 0. The largest absolute Gasteiger partial charge is 0.493 e. The summed E-state index contributed by atoms with van der Waals surface area (Å²) in [4.78, 5) is 15.0. The molecule has 1 aliphatic rings. The standard InChI is InChI=1S/C24H29N3O5/c1-17(2)16-31-19-7-5-18(6-8-19)23-14-20(26-32-23)24(28)25-15-21(22-4-3-11-30-22)27-9-12-29-13-10-27/h3-8,11,14,17,21H,9-10,12-13,15-16H2,1-2H3,(H,25,28). The summed E-state index contributed by atoms with van der Waals surface area (Å²) in [6.07, 6.45) is 1.65. The lowest BCUT2D eigenvalue weighted by atomic mass is 10.1. The first-order valence-electron chi connectivity index (χ1n) is 10.9. The third kappa shape index (κ3) is 5.57. The molecular formula is C24H29N3O5. The molecular weight excluding hydrogens is 410 g/mol. The third-order valence-electron chi connectivity index (χ3n) is 5.28. The summed E-state index contributed by atoms with van der Waals surface area (Å²) < 4.78 is 22.2. The summed E-state index contributed by atoms with van der Waals surface area (Å²) in [6, 6.07) is 12.9. The number of ether oxygens (including phenoxy) is 2. The summed E-state index contributed by atoms with van der Waals surface area (Å²) in [5.74, 6) is 2.31. The Labute approximate surface area is 187 Å². The maximum atomic E-state index is 12.7. The second-order valence-corrected chi connectivity index (χ2v) is 8.20. The van der Waals surface area contributed by atoms with Gasteiger partial charge in [-0.1, -0.05) is 19.0 Å². The van der Waals surface area contributed by atoms with Crippen LogP contribution in [-0.4, -0.2) is 55.4 Å². The zero-order chi connectivity index (χ0) is 22.3. The maximum absolute atomic E-state index is 12.7. The number of morpholine rings is 1. The number of furan rings is 1. The van der Waals surface area contributed by atoms with Crippen LogP contribution in [0.25, 0.3) is 11.3 Å². The van der Waals surface area contributed by atoms with Crippen molar-refractivity contribution < 1.29 is 23.2 Å². The molecule has 4 rings (SSSR count). The number of benzene rings is 1. The Morgan fingerprint density at radius 1 is 1.19 bits per heavy atom. The quantitative estimate of drug-likeness (QED) is 0.543. The molecule has 0 aliphatic carbocycles. The number of nitrogens with one attached hydrogen (secondary N) is 1. The van der Waals surface area contributed by atoms with Gasteiger partial charge < -0.3 is 23.7 Å². The number of rotatable bonds is 9. The van der Waals surface area contributed by atoms with Gasteiger partial charge in [0, 0.05) is 31.3 Å². The van der Waals surface area contributed by atoms with Crippen molar-refractivity contribution in [2.45, 2.75) is 19.9 Å². The molecule has 1 aromatic carbocycles. The van der Waals surface area contributed by atoms with Crippen LogP contribution in [0.3, 0.4) is 0 Å². The molecule has 1 amide bonds. The number of amides is 1. The molecule has 1 N–H and O–H groups in total. The first kappa shape index (κ1) is 22.1. The number of hydrogen-bond donors (Lipinski definition) is 1. The third-order valence-corrected chi connectivity index (χ3v) is 5.28. The van der Waals surface area contributed by atoms with Gasteiger partial charge in [0.1, 0.15) is 11.5 Å². The minimum atomic E-state index is -0.290. The molecule has 170 valence electrons. The summed E-state index contributed by atoms with van der Waals surface area (Å²) in [5, 5.41) is 6.91. The van der Waals surface area contributed by atoms with E-state index in [1.807, 2.05) is 36.4 Å². The van der Waals surface area contributed by atoms with E-state index in [4.69, 9.17) is 18.4 Å². The molecule has 1 fully saturated rings. The molecule has 1 unspecified atom stereocenters. The highest BCUT2D eigenvalue weighted by Crippen LogP contribution is 2.24. The number of nitrogens with zero attached hydrogens (tertiary/aromatic N) is 2. The van der Waals surface area contributed by atoms with Gasteiger partial charge >= 0.3 is 0 Å². The van der Waals surface area contributed by atoms with Crippen LogP contribution >= 0.6 is 0 Å². The zero-order valence-electron chi connectivity index (χ0n) is 18.5. The Morgan fingerprint density at radius 3 is 2.66 bits per heavy atom. The fourth-order valence-electron chi connectivity index (χ4n) is 3.56. The van der Waals surface area contributed by atoms with E-state index in [2.05, 4.69) is 29.2 Å². The van der Waals surface area contributed by atoms with Crippen molar-refractivity contribution in [3.63, 3.8) is 0 Å². The highest BCUT2D eigenvalue weighted by molar-refractivity contribution is 5.93. The van der Waals surface area contributed by atoms with Crippen LogP contribution in [0.15, 0.2) is 57.7 Å². The van der Waals surface area contributed by atoms with Crippen molar-refractivity contribution in [2.24, 2.45) is 5.92 Å². The van der Waals surface area contributed by atoms with E-state index in [0.717, 1.165) is 30.2 Å². The highest BCUT2D eigenvalue weighted by atomic mass is 16.5. The predicted octanol–water partition coefficient (Wildman–Crippen LogP) is 3.77. The highest BCUT2D eigenvalue weighted by Gasteiger charge is 2.26. The van der Waals surface area contributed by atoms with Crippen LogP contribution in [-0.2, 0) is 4.74 Å². The fourth-order valence-corrected chi connectivity index (χ4v) is 3.56. The molecule has 2 aromatic heterocycles. The lowest BCUT2D eigenvalue weighted by Crippen LogP contribution is -2.43. The van der Waals surface area contributed by atoms with Crippen molar-refractivity contribution in [1.82, 2.24) is 15.4 Å². The molecule has 0 bridgehead atoms. The van der Waals surface area contributed by atoms with Crippen molar-refractivity contribution in [3.8, 4) is 17.1 Å². The average molecular weight is 440 g/mol. The lowest BCUT2D eigenvalue weighted by Gasteiger charge is -2.33. The Hall–Kier alpha value is -3.10. The smallest absolute Gasteiger partial charge is 0.273 e. The van der Waals surface area contributed by atoms with Gasteiger partial charge in [0.25, 0.3) is 5.91 Å². The van der Waals surface area contributed by atoms with E-state index >= 15 is 0 Å². The topological polar surface area (TPSA) is 90.0 Å². The van der Waals surface area contributed by atoms with E-state index in [1.165, 1.54) is 0 Å². The second kappa shape index (κ2) is 10.5. The van der Waals surface area contributed by atoms with E-state index in [-0.39, 0.29) is 17.6 Å². The first-order valence-corrected chi connectivity index (χ1v) is 10.9. The zero-order valence-corrected chi connectivity index (χ0v) is 18.5. The summed E-state index contributed by atoms with van der Waals surface area (Å²) in [5.41, 5.74) is 1.07. The van der Waals surface area contributed by atoms with Gasteiger partial charge in [0.2, 0.25) is 0 Å². The van der Waals surface area contributed by atoms with Crippen LogP contribution in [0.1, 0.15) is 36.1 Å². The van der Waals surface area contributed by atoms with Gasteiger partial charge in [-0.25, -0.2) is 0 Å². The Balaban J connectivity index is 1.37. The van der Waals surface area contributed by atoms with Crippen LogP contribution in [0.2, 0.25) is 0 Å². The number of aromatic nitrogens is 1. The summed E-state index contributed by atoms with van der Waals surface area (Å²) in [7, 11) is 0. The molecule has 1 atom stereocenters. The Kier molecular flexibility index (Phi) is 7.24. The maximum Gasteiger partial charge on any atom is 0.273 e. The van der Waals surface area contributed by atoms with Crippen molar-refractivity contribution in [1.29, 1.82) is 0 Å². The lowest BCUT2D eigenvalue weighted by molar-refractivity contribution is 0.0118. The minimum Gasteiger partial charge on any atom is -0.493 e. The molecule has 0 spiro atoms. The molecule has 3 aromatic rings. The first-order chi connectivity index (χ1) is 15.6. The van der Waals surface area contributed by atoms with Gasteiger partial charge in [0.05, 0.1) is 32.1 Å². The molecule has 8 nitrogen and oxygen atoms in total. The van der Waals surface area contributed by atoms with Gasteiger partial charge in [-0.05, 0) is 42.3 Å². The van der Waals surface area contributed by atoms with E-state index in [1.54, 1.807) is 12.3 Å². The van der Waals surface area contributed by atoms with E-state index in [9.17, 15) is 4.79 Å². The normalized spacial score (nSPS) is 15.6. The van der Waals surface area contributed by atoms with Crippen molar-refractivity contribution in [3.05, 3.63) is 60.2 Å². The van der Waals surface area contributed by atoms with Crippen molar-refractivity contribution >= 4 is 5.91 Å². The molecule has 0 saturated carbocycles. The predicted molar refractivity (Wildman–Crippen MR) is 118 cm³/mol. The monoisotopic (exact) mass is 439 g/mol. The van der Waals surface area contributed by atoms with E-state index < -0.39 is 0 Å². The fraction of sp³-hybridized carbons (Fsp3) is 0.417. The molecule has 1 saturated heterocycles. The number of carbonyl (C=O) groups excluding carboxylic acids is 1. The SMILES string of the molecule is CC(C)COc1ccc(-c2cc(C(=O)NCC(c3ccco3)N3CCOCC3)no2)cc1.